The van der Waals surface area contributed by atoms with Crippen LogP contribution in [-0.2, 0) is 28.0 Å². The van der Waals surface area contributed by atoms with Crippen LogP contribution in [0.25, 0.3) is 0 Å². The van der Waals surface area contributed by atoms with E-state index in [1.165, 1.54) is 11.0 Å². The number of ether oxygens (including phenoxy) is 1. The Bertz CT molecular complexity index is 1190. The lowest BCUT2D eigenvalue weighted by atomic mass is 9.87. The summed E-state index contributed by atoms with van der Waals surface area (Å²) in [5, 5.41) is 2.96. The summed E-state index contributed by atoms with van der Waals surface area (Å²) >= 11 is 0. The van der Waals surface area contributed by atoms with Crippen molar-refractivity contribution in [2.45, 2.75) is 59.0 Å². The highest BCUT2D eigenvalue weighted by Gasteiger charge is 2.31. The SMILES string of the molecule is CC(C)CNC(=O)C(Cc1ccccc1)N(Cc1ccccc1F)C(=O)COc1ccc(C(C)(C)C)cc1. The molecule has 0 heterocycles. The molecule has 1 unspecified atom stereocenters. The van der Waals surface area contributed by atoms with Gasteiger partial charge in [0.25, 0.3) is 5.91 Å². The fourth-order valence-electron chi connectivity index (χ4n) is 4.07. The van der Waals surface area contributed by atoms with Crippen molar-refractivity contribution in [2.75, 3.05) is 13.2 Å². The molecular weight excluding hydrogens is 479 g/mol. The van der Waals surface area contributed by atoms with E-state index in [0.717, 1.165) is 11.1 Å². The number of carbonyl (C=O) groups is 2. The second kappa shape index (κ2) is 13.2. The first-order chi connectivity index (χ1) is 18.0. The molecule has 5 nitrogen and oxygen atoms in total. The maximum Gasteiger partial charge on any atom is 0.261 e. The van der Waals surface area contributed by atoms with E-state index in [0.29, 0.717) is 24.3 Å². The summed E-state index contributed by atoms with van der Waals surface area (Å²) in [6.07, 6.45) is 0.297. The molecule has 3 aromatic rings. The van der Waals surface area contributed by atoms with Crippen molar-refractivity contribution in [2.24, 2.45) is 5.92 Å². The highest BCUT2D eigenvalue weighted by Crippen LogP contribution is 2.24. The molecule has 0 spiro atoms. The minimum absolute atomic E-state index is 0.00108. The summed E-state index contributed by atoms with van der Waals surface area (Å²) in [4.78, 5) is 28.5. The summed E-state index contributed by atoms with van der Waals surface area (Å²) in [5.74, 6) is -0.298. The Morgan fingerprint density at radius 1 is 0.921 bits per heavy atom. The molecule has 0 saturated heterocycles. The Kier molecular flexibility index (Phi) is 10.1. The summed E-state index contributed by atoms with van der Waals surface area (Å²) in [6.45, 7) is 10.6. The molecule has 1 N–H and O–H groups in total. The molecule has 0 aliphatic rings. The van der Waals surface area contributed by atoms with Crippen LogP contribution in [0, 0.1) is 11.7 Å². The van der Waals surface area contributed by atoms with Crippen molar-refractivity contribution >= 4 is 11.8 Å². The molecule has 0 aliphatic heterocycles. The number of hydrogen-bond acceptors (Lipinski definition) is 3. The summed E-state index contributed by atoms with van der Waals surface area (Å²) < 4.78 is 20.5. The average molecular weight is 519 g/mol. The molecule has 2 amide bonds. The predicted molar refractivity (Wildman–Crippen MR) is 149 cm³/mol. The van der Waals surface area contributed by atoms with E-state index in [9.17, 15) is 14.0 Å². The largest absolute Gasteiger partial charge is 0.484 e. The van der Waals surface area contributed by atoms with Crippen molar-refractivity contribution in [3.8, 4) is 5.75 Å². The van der Waals surface area contributed by atoms with Crippen LogP contribution in [0.3, 0.4) is 0 Å². The standard InChI is InChI=1S/C32H39FN2O3/c1-23(2)20-34-31(37)29(19-24-11-7-6-8-12-24)35(21-25-13-9-10-14-28(25)33)30(36)22-38-27-17-15-26(16-18-27)32(3,4)5/h6-18,23,29H,19-22H2,1-5H3,(H,34,37). The number of amides is 2. The summed E-state index contributed by atoms with van der Waals surface area (Å²) in [5.41, 5.74) is 2.40. The fourth-order valence-corrected chi connectivity index (χ4v) is 4.07. The summed E-state index contributed by atoms with van der Waals surface area (Å²) in [7, 11) is 0. The molecule has 1 atom stereocenters. The van der Waals surface area contributed by atoms with Gasteiger partial charge < -0.3 is 15.0 Å². The molecule has 3 aromatic carbocycles. The fraction of sp³-hybridized carbons (Fsp3) is 0.375. The van der Waals surface area contributed by atoms with Gasteiger partial charge in [-0.15, -0.1) is 0 Å². The van der Waals surface area contributed by atoms with E-state index in [1.54, 1.807) is 18.2 Å². The molecule has 0 aliphatic carbocycles. The van der Waals surface area contributed by atoms with Gasteiger partial charge in [-0.05, 0) is 40.7 Å². The quantitative estimate of drug-likeness (QED) is 0.343. The molecule has 3 rings (SSSR count). The van der Waals surface area contributed by atoms with E-state index in [1.807, 2.05) is 68.4 Å². The maximum atomic E-state index is 14.7. The van der Waals surface area contributed by atoms with E-state index in [-0.39, 0.29) is 30.4 Å². The zero-order chi connectivity index (χ0) is 27.7. The Morgan fingerprint density at radius 2 is 1.55 bits per heavy atom. The molecule has 0 aromatic heterocycles. The van der Waals surface area contributed by atoms with E-state index in [4.69, 9.17) is 4.74 Å². The number of hydrogen-bond donors (Lipinski definition) is 1. The number of nitrogens with one attached hydrogen (secondary N) is 1. The van der Waals surface area contributed by atoms with Gasteiger partial charge in [-0.1, -0.05) is 95.3 Å². The van der Waals surface area contributed by atoms with Crippen molar-refractivity contribution in [1.82, 2.24) is 10.2 Å². The van der Waals surface area contributed by atoms with E-state index >= 15 is 0 Å². The number of rotatable bonds is 11. The van der Waals surface area contributed by atoms with Crippen LogP contribution in [0.15, 0.2) is 78.9 Å². The number of benzene rings is 3. The van der Waals surface area contributed by atoms with Crippen molar-refractivity contribution in [1.29, 1.82) is 0 Å². The van der Waals surface area contributed by atoms with Crippen molar-refractivity contribution < 1.29 is 18.7 Å². The predicted octanol–water partition coefficient (Wildman–Crippen LogP) is 5.91. The first kappa shape index (κ1) is 28.9. The van der Waals surface area contributed by atoms with Crippen LogP contribution in [0.2, 0.25) is 0 Å². The molecule has 0 radical (unpaired) electrons. The van der Waals surface area contributed by atoms with Gasteiger partial charge in [-0.3, -0.25) is 9.59 Å². The second-order valence-corrected chi connectivity index (χ2v) is 11.0. The van der Waals surface area contributed by atoms with E-state index in [2.05, 4.69) is 26.1 Å². The lowest BCUT2D eigenvalue weighted by Crippen LogP contribution is -2.52. The minimum atomic E-state index is -0.838. The zero-order valence-corrected chi connectivity index (χ0v) is 23.0. The molecule has 6 heteroatoms. The number of carbonyl (C=O) groups excluding carboxylic acids is 2. The highest BCUT2D eigenvalue weighted by atomic mass is 19.1. The summed E-state index contributed by atoms with van der Waals surface area (Å²) in [6, 6.07) is 22.6. The van der Waals surface area contributed by atoms with Crippen LogP contribution in [-0.4, -0.2) is 35.9 Å². The van der Waals surface area contributed by atoms with E-state index < -0.39 is 17.8 Å². The van der Waals surface area contributed by atoms with Gasteiger partial charge in [-0.2, -0.15) is 0 Å². The minimum Gasteiger partial charge on any atom is -0.484 e. The Morgan fingerprint density at radius 3 is 2.16 bits per heavy atom. The molecule has 202 valence electrons. The second-order valence-electron chi connectivity index (χ2n) is 11.0. The third kappa shape index (κ3) is 8.44. The maximum absolute atomic E-state index is 14.7. The van der Waals surface area contributed by atoms with Crippen LogP contribution < -0.4 is 10.1 Å². The third-order valence-electron chi connectivity index (χ3n) is 6.34. The van der Waals surface area contributed by atoms with Crippen molar-refractivity contribution in [3.05, 3.63) is 101 Å². The smallest absolute Gasteiger partial charge is 0.261 e. The van der Waals surface area contributed by atoms with Gasteiger partial charge in [0.2, 0.25) is 5.91 Å². The average Bonchev–Trinajstić information content (AvgIpc) is 2.89. The van der Waals surface area contributed by atoms with Gasteiger partial charge in [0, 0.05) is 25.1 Å². The van der Waals surface area contributed by atoms with Crippen LogP contribution in [0.4, 0.5) is 4.39 Å². The monoisotopic (exact) mass is 518 g/mol. The zero-order valence-electron chi connectivity index (χ0n) is 23.0. The van der Waals surface area contributed by atoms with Crippen molar-refractivity contribution in [3.63, 3.8) is 0 Å². The van der Waals surface area contributed by atoms with Crippen LogP contribution >= 0.6 is 0 Å². The molecule has 0 fully saturated rings. The first-order valence-corrected chi connectivity index (χ1v) is 13.1. The Balaban J connectivity index is 1.88. The molecule has 0 saturated carbocycles. The lowest BCUT2D eigenvalue weighted by Gasteiger charge is -2.32. The third-order valence-corrected chi connectivity index (χ3v) is 6.34. The highest BCUT2D eigenvalue weighted by molar-refractivity contribution is 5.88. The Hall–Kier alpha value is -3.67. The number of nitrogens with zero attached hydrogens (tertiary/aromatic N) is 1. The van der Waals surface area contributed by atoms with Crippen LogP contribution in [0.5, 0.6) is 5.75 Å². The van der Waals surface area contributed by atoms with Gasteiger partial charge in [0.1, 0.15) is 17.6 Å². The van der Waals surface area contributed by atoms with Crippen LogP contribution in [0.1, 0.15) is 51.3 Å². The van der Waals surface area contributed by atoms with Gasteiger partial charge in [0.15, 0.2) is 6.61 Å². The van der Waals surface area contributed by atoms with Gasteiger partial charge in [0.05, 0.1) is 0 Å². The molecule has 38 heavy (non-hydrogen) atoms. The normalized spacial score (nSPS) is 12.2. The lowest BCUT2D eigenvalue weighted by molar-refractivity contribution is -0.142. The molecule has 0 bridgehead atoms. The Labute approximate surface area is 226 Å². The van der Waals surface area contributed by atoms with Gasteiger partial charge in [-0.25, -0.2) is 4.39 Å². The topological polar surface area (TPSA) is 58.6 Å². The first-order valence-electron chi connectivity index (χ1n) is 13.1. The number of halogens is 1. The van der Waals surface area contributed by atoms with Gasteiger partial charge >= 0.3 is 0 Å². The molecular formula is C32H39FN2O3.